The number of sulfone groups is 1. The number of nitriles is 1. The van der Waals surface area contributed by atoms with Crippen molar-refractivity contribution in [2.24, 2.45) is 11.8 Å². The molecule has 1 N–H and O–H groups in total. The predicted molar refractivity (Wildman–Crippen MR) is 120 cm³/mol. The first-order valence-corrected chi connectivity index (χ1v) is 12.4. The smallest absolute Gasteiger partial charge is 0.175 e. The topological polar surface area (TPSA) is 90.6 Å². The maximum Gasteiger partial charge on any atom is 0.175 e. The Kier molecular flexibility index (Phi) is 7.28. The van der Waals surface area contributed by atoms with Crippen molar-refractivity contribution in [3.8, 4) is 11.8 Å². The van der Waals surface area contributed by atoms with Crippen molar-refractivity contribution in [3.63, 3.8) is 0 Å². The second kappa shape index (κ2) is 9.58. The number of aliphatic hydroxyl groups is 1. The number of nitrogens with zero attached hydrogens (tertiary/aromatic N) is 2. The summed E-state index contributed by atoms with van der Waals surface area (Å²) in [7, 11) is -3.23. The summed E-state index contributed by atoms with van der Waals surface area (Å²) in [6, 6.07) is 13.3. The molecule has 0 spiro atoms. The average Bonchev–Trinajstić information content (AvgIpc) is 3.10. The zero-order valence-electron chi connectivity index (χ0n) is 17.8. The molecule has 0 saturated carbocycles. The monoisotopic (exact) mass is 462 g/mol. The second-order valence-corrected chi connectivity index (χ2v) is 10.8. The van der Waals surface area contributed by atoms with E-state index in [0.29, 0.717) is 34.4 Å². The van der Waals surface area contributed by atoms with E-state index in [0.717, 1.165) is 13.1 Å². The molecule has 4 atom stereocenters. The fourth-order valence-electron chi connectivity index (χ4n) is 3.94. The number of hydrogen-bond acceptors (Lipinski definition) is 6. The summed E-state index contributed by atoms with van der Waals surface area (Å²) < 4.78 is 29.1. The third-order valence-corrected chi connectivity index (χ3v) is 7.28. The normalized spacial score (nSPS) is 21.4. The molecule has 2 aromatic rings. The number of hydrogen-bond donors (Lipinski definition) is 1. The lowest BCUT2D eigenvalue weighted by Crippen LogP contribution is -2.36. The molecule has 166 valence electrons. The number of halogens is 1. The van der Waals surface area contributed by atoms with Crippen LogP contribution in [0.15, 0.2) is 47.4 Å². The van der Waals surface area contributed by atoms with E-state index < -0.39 is 15.9 Å². The Hall–Kier alpha value is -2.11. The number of rotatable bonds is 7. The Labute approximate surface area is 188 Å². The summed E-state index contributed by atoms with van der Waals surface area (Å²) in [5.41, 5.74) is 1.06. The molecule has 0 radical (unpaired) electrons. The third kappa shape index (κ3) is 5.78. The van der Waals surface area contributed by atoms with Gasteiger partial charge >= 0.3 is 0 Å². The van der Waals surface area contributed by atoms with Crippen LogP contribution >= 0.6 is 11.6 Å². The van der Waals surface area contributed by atoms with Gasteiger partial charge in [-0.05, 0) is 60.9 Å². The van der Waals surface area contributed by atoms with Crippen LogP contribution in [0.25, 0.3) is 0 Å². The quantitative estimate of drug-likeness (QED) is 0.674. The first kappa shape index (κ1) is 23.6. The highest BCUT2D eigenvalue weighted by molar-refractivity contribution is 7.90. The van der Waals surface area contributed by atoms with Gasteiger partial charge in [0.25, 0.3) is 0 Å². The molecule has 1 heterocycles. The van der Waals surface area contributed by atoms with Gasteiger partial charge in [-0.2, -0.15) is 5.26 Å². The molecule has 1 aliphatic heterocycles. The number of likely N-dealkylation sites (tertiary alicyclic amines) is 1. The summed E-state index contributed by atoms with van der Waals surface area (Å²) >= 11 is 6.09. The summed E-state index contributed by atoms with van der Waals surface area (Å²) in [6.45, 7) is 6.23. The molecule has 6 nitrogen and oxygen atoms in total. The highest BCUT2D eigenvalue weighted by Crippen LogP contribution is 2.31. The Balaban J connectivity index is 1.61. The molecule has 3 rings (SSSR count). The zero-order valence-corrected chi connectivity index (χ0v) is 19.4. The van der Waals surface area contributed by atoms with Crippen molar-refractivity contribution in [2.45, 2.75) is 30.9 Å². The van der Waals surface area contributed by atoms with Crippen LogP contribution in [0.1, 0.15) is 31.1 Å². The largest absolute Gasteiger partial charge is 0.493 e. The van der Waals surface area contributed by atoms with Gasteiger partial charge in [0, 0.05) is 36.3 Å². The van der Waals surface area contributed by atoms with E-state index in [1.165, 1.54) is 6.26 Å². The minimum absolute atomic E-state index is 0.147. The molecule has 0 unspecified atom stereocenters. The van der Waals surface area contributed by atoms with Gasteiger partial charge in [-0.3, -0.25) is 4.90 Å². The van der Waals surface area contributed by atoms with E-state index in [4.69, 9.17) is 21.6 Å². The van der Waals surface area contributed by atoms with E-state index in [1.807, 2.05) is 6.92 Å². The molecule has 2 aromatic carbocycles. The molecular weight excluding hydrogens is 436 g/mol. The summed E-state index contributed by atoms with van der Waals surface area (Å²) in [5, 5.41) is 20.5. The zero-order chi connectivity index (χ0) is 22.8. The van der Waals surface area contributed by atoms with E-state index in [9.17, 15) is 13.5 Å². The summed E-state index contributed by atoms with van der Waals surface area (Å²) in [5.74, 6) is 1.28. The van der Waals surface area contributed by atoms with Crippen LogP contribution in [-0.4, -0.2) is 50.4 Å². The first-order valence-electron chi connectivity index (χ1n) is 10.1. The van der Waals surface area contributed by atoms with Crippen LogP contribution in [0.3, 0.4) is 0 Å². The van der Waals surface area contributed by atoms with Crippen molar-refractivity contribution in [1.82, 2.24) is 4.90 Å². The van der Waals surface area contributed by atoms with Gasteiger partial charge < -0.3 is 9.84 Å². The van der Waals surface area contributed by atoms with Crippen LogP contribution in [-0.2, 0) is 9.84 Å². The second-order valence-electron chi connectivity index (χ2n) is 8.32. The molecule has 1 fully saturated rings. The maximum absolute atomic E-state index is 11.6. The summed E-state index contributed by atoms with van der Waals surface area (Å²) in [4.78, 5) is 2.49. The number of ether oxygens (including phenoxy) is 1. The molecular formula is C23H27ClN2O4S. The Morgan fingerprint density at radius 2 is 1.94 bits per heavy atom. The SMILES string of the molecule is C[C@@H]1CN([C@H](C)[C@H](O)c2cc(Cl)cc(C#N)c2)C[C@H]1COc1ccc(S(C)(=O)=O)cc1. The number of aliphatic hydroxyl groups excluding tert-OH is 1. The molecule has 0 bridgehead atoms. The molecule has 1 aliphatic rings. The van der Waals surface area contributed by atoms with E-state index in [-0.39, 0.29) is 16.9 Å². The molecule has 0 amide bonds. The highest BCUT2D eigenvalue weighted by atomic mass is 35.5. The lowest BCUT2D eigenvalue weighted by Gasteiger charge is -2.29. The van der Waals surface area contributed by atoms with E-state index in [2.05, 4.69) is 17.9 Å². The van der Waals surface area contributed by atoms with Crippen LogP contribution in [0.4, 0.5) is 0 Å². The first-order chi connectivity index (χ1) is 14.6. The third-order valence-electron chi connectivity index (χ3n) is 5.94. The van der Waals surface area contributed by atoms with Crippen molar-refractivity contribution >= 4 is 21.4 Å². The van der Waals surface area contributed by atoms with E-state index in [1.54, 1.807) is 42.5 Å². The van der Waals surface area contributed by atoms with E-state index >= 15 is 0 Å². The maximum atomic E-state index is 11.6. The van der Waals surface area contributed by atoms with Gasteiger partial charge in [-0.1, -0.05) is 18.5 Å². The minimum Gasteiger partial charge on any atom is -0.493 e. The fraction of sp³-hybridized carbons (Fsp3) is 0.435. The van der Waals surface area contributed by atoms with Gasteiger partial charge in [-0.25, -0.2) is 8.42 Å². The minimum atomic E-state index is -3.23. The standard InChI is InChI=1S/C23H27ClN2O4S/c1-15-12-26(16(2)23(27)18-8-17(11-25)9-20(24)10-18)13-19(15)14-30-21-4-6-22(7-5-21)31(3,28)29/h4-10,15-16,19,23,27H,12-14H2,1-3H3/t15-,16-,19+,23+/m1/s1. The van der Waals surface area contributed by atoms with Crippen LogP contribution < -0.4 is 4.74 Å². The van der Waals surface area contributed by atoms with Gasteiger partial charge in [0.1, 0.15) is 5.75 Å². The highest BCUT2D eigenvalue weighted by Gasteiger charge is 2.35. The van der Waals surface area contributed by atoms with Crippen LogP contribution in [0, 0.1) is 23.2 Å². The van der Waals surface area contributed by atoms with Crippen molar-refractivity contribution in [2.75, 3.05) is 26.0 Å². The lowest BCUT2D eigenvalue weighted by molar-refractivity contribution is 0.0672. The van der Waals surface area contributed by atoms with Crippen molar-refractivity contribution in [1.29, 1.82) is 5.26 Å². The van der Waals surface area contributed by atoms with Crippen LogP contribution in [0.2, 0.25) is 5.02 Å². The van der Waals surface area contributed by atoms with Gasteiger partial charge in [0.05, 0.1) is 29.2 Å². The predicted octanol–water partition coefficient (Wildman–Crippen LogP) is 3.68. The van der Waals surface area contributed by atoms with Gasteiger partial charge in [0.2, 0.25) is 0 Å². The number of benzene rings is 2. The molecule has 31 heavy (non-hydrogen) atoms. The molecule has 8 heteroatoms. The van der Waals surface area contributed by atoms with Gasteiger partial charge in [-0.15, -0.1) is 0 Å². The molecule has 0 aromatic heterocycles. The van der Waals surface area contributed by atoms with Crippen molar-refractivity contribution < 1.29 is 18.3 Å². The summed E-state index contributed by atoms with van der Waals surface area (Å²) in [6.07, 6.45) is 0.416. The average molecular weight is 463 g/mol. The van der Waals surface area contributed by atoms with Crippen LogP contribution in [0.5, 0.6) is 5.75 Å². The molecule has 0 aliphatic carbocycles. The Morgan fingerprint density at radius 3 is 2.55 bits per heavy atom. The lowest BCUT2D eigenvalue weighted by atomic mass is 9.99. The van der Waals surface area contributed by atoms with Gasteiger partial charge in [0.15, 0.2) is 9.84 Å². The Bertz CT molecular complexity index is 1070. The fourth-order valence-corrected chi connectivity index (χ4v) is 4.81. The molecule has 1 saturated heterocycles. The van der Waals surface area contributed by atoms with Crippen molar-refractivity contribution in [3.05, 3.63) is 58.6 Å². The Morgan fingerprint density at radius 1 is 1.26 bits per heavy atom.